The van der Waals surface area contributed by atoms with Crippen molar-refractivity contribution >= 4 is 17.7 Å². The normalized spacial score (nSPS) is 14.4. The average Bonchev–Trinajstić information content (AvgIpc) is 2.46. The maximum atomic E-state index is 10.3. The third-order valence-corrected chi connectivity index (χ3v) is 2.59. The van der Waals surface area contributed by atoms with Crippen LogP contribution in [0.15, 0.2) is 28.1 Å². The minimum absolute atomic E-state index is 0.657. The number of nitrogens with zero attached hydrogens (tertiary/aromatic N) is 1. The van der Waals surface area contributed by atoms with Gasteiger partial charge in [-0.15, -0.1) is 0 Å². The van der Waals surface area contributed by atoms with Crippen LogP contribution in [-0.4, -0.2) is 10.9 Å². The summed E-state index contributed by atoms with van der Waals surface area (Å²) in [5.41, 5.74) is 0.996. The summed E-state index contributed by atoms with van der Waals surface area (Å²) < 4.78 is 0. The lowest BCUT2D eigenvalue weighted by Crippen LogP contribution is -1.83. The smallest absolute Gasteiger partial charge is 0.135 e. The fourth-order valence-corrected chi connectivity index (χ4v) is 1.93. The van der Waals surface area contributed by atoms with E-state index < -0.39 is 0 Å². The zero-order chi connectivity index (χ0) is 7.68. The fraction of sp³-hybridized carbons (Fsp3) is 0.125. The highest BCUT2D eigenvalue weighted by atomic mass is 32.2. The van der Waals surface area contributed by atoms with Crippen LogP contribution in [-0.2, 0) is 11.2 Å². The lowest BCUT2D eigenvalue weighted by atomic mass is 10.3. The minimum Gasteiger partial charge on any atom is -0.260 e. The molecule has 2 rings (SSSR count). The van der Waals surface area contributed by atoms with Gasteiger partial charge in [0.25, 0.3) is 0 Å². The van der Waals surface area contributed by atoms with Gasteiger partial charge in [0, 0.05) is 17.5 Å². The Morgan fingerprint density at radius 3 is 3.27 bits per heavy atom. The van der Waals surface area contributed by atoms with Crippen LogP contribution in [0, 0.1) is 0 Å². The largest absolute Gasteiger partial charge is 0.260 e. The molecule has 0 amide bonds. The first-order valence-electron chi connectivity index (χ1n) is 3.26. The maximum Gasteiger partial charge on any atom is 0.135 e. The molecule has 0 spiro atoms. The molecule has 0 aliphatic carbocycles. The molecule has 0 unspecified atom stereocenters. The van der Waals surface area contributed by atoms with E-state index in [-0.39, 0.29) is 0 Å². The van der Waals surface area contributed by atoms with E-state index in [1.54, 1.807) is 6.20 Å². The van der Waals surface area contributed by atoms with Crippen molar-refractivity contribution in [1.82, 2.24) is 4.98 Å². The lowest BCUT2D eigenvalue weighted by Gasteiger charge is -1.90. The molecule has 3 heteroatoms. The molecule has 0 radical (unpaired) electrons. The molecule has 0 atom stereocenters. The Morgan fingerprint density at radius 1 is 1.64 bits per heavy atom. The summed E-state index contributed by atoms with van der Waals surface area (Å²) in [5, 5.41) is 0. The van der Waals surface area contributed by atoms with E-state index in [9.17, 15) is 4.79 Å². The van der Waals surface area contributed by atoms with Crippen LogP contribution in [0.1, 0.15) is 5.69 Å². The average molecular weight is 163 g/mol. The Kier molecular flexibility index (Phi) is 1.53. The second kappa shape index (κ2) is 2.53. The van der Waals surface area contributed by atoms with Gasteiger partial charge in [-0.2, -0.15) is 0 Å². The zero-order valence-corrected chi connectivity index (χ0v) is 6.52. The van der Waals surface area contributed by atoms with Crippen molar-refractivity contribution < 1.29 is 4.79 Å². The second-order valence-corrected chi connectivity index (χ2v) is 3.39. The molecule has 11 heavy (non-hydrogen) atoms. The zero-order valence-electron chi connectivity index (χ0n) is 5.70. The van der Waals surface area contributed by atoms with Crippen LogP contribution < -0.4 is 0 Å². The minimum atomic E-state index is 0.657. The summed E-state index contributed by atoms with van der Waals surface area (Å²) >= 11 is 1.47. The molecule has 1 aliphatic heterocycles. The number of carbonyl (C=O) groups excluding carboxylic acids is 1. The number of thioether (sulfide) groups is 1. The van der Waals surface area contributed by atoms with Gasteiger partial charge in [0.2, 0.25) is 0 Å². The number of hydrogen-bond acceptors (Lipinski definition) is 3. The number of rotatable bonds is 0. The lowest BCUT2D eigenvalue weighted by molar-refractivity contribution is 0.568. The van der Waals surface area contributed by atoms with Crippen molar-refractivity contribution in [2.75, 3.05) is 0 Å². The molecule has 2 heterocycles. The molecule has 2 nitrogen and oxygen atoms in total. The van der Waals surface area contributed by atoms with Crippen molar-refractivity contribution in [2.24, 2.45) is 0 Å². The highest BCUT2D eigenvalue weighted by molar-refractivity contribution is 8.03. The molecule has 0 saturated heterocycles. The number of aromatic nitrogens is 1. The number of fused-ring (bicyclic) bond motifs is 1. The third kappa shape index (κ3) is 1.09. The van der Waals surface area contributed by atoms with Crippen molar-refractivity contribution in [3.63, 3.8) is 0 Å². The van der Waals surface area contributed by atoms with E-state index in [0.717, 1.165) is 15.5 Å². The van der Waals surface area contributed by atoms with Gasteiger partial charge in [0.1, 0.15) is 5.94 Å². The number of allylic oxidation sites excluding steroid dienone is 1. The summed E-state index contributed by atoms with van der Waals surface area (Å²) in [7, 11) is 0. The molecule has 0 saturated carbocycles. The summed E-state index contributed by atoms with van der Waals surface area (Å²) in [6.07, 6.45) is 2.40. The molecule has 1 aliphatic rings. The predicted molar refractivity (Wildman–Crippen MR) is 43.0 cm³/mol. The summed E-state index contributed by atoms with van der Waals surface area (Å²) in [4.78, 5) is 16.2. The Balaban J connectivity index is 2.48. The maximum absolute atomic E-state index is 10.3. The van der Waals surface area contributed by atoms with Gasteiger partial charge in [-0.1, -0.05) is 11.8 Å². The second-order valence-electron chi connectivity index (χ2n) is 2.25. The van der Waals surface area contributed by atoms with Crippen LogP contribution in [0.2, 0.25) is 0 Å². The van der Waals surface area contributed by atoms with Gasteiger partial charge in [0.15, 0.2) is 0 Å². The van der Waals surface area contributed by atoms with Crippen molar-refractivity contribution in [1.29, 1.82) is 0 Å². The molecule has 54 valence electrons. The van der Waals surface area contributed by atoms with E-state index in [0.29, 0.717) is 6.42 Å². The quantitative estimate of drug-likeness (QED) is 0.542. The van der Waals surface area contributed by atoms with E-state index in [2.05, 4.69) is 4.98 Å². The Hall–Kier alpha value is -1.05. The summed E-state index contributed by atoms with van der Waals surface area (Å²) in [6, 6.07) is 3.84. The van der Waals surface area contributed by atoms with Gasteiger partial charge in [-0.3, -0.25) is 4.98 Å². The van der Waals surface area contributed by atoms with Crippen molar-refractivity contribution in [3.8, 4) is 0 Å². The van der Waals surface area contributed by atoms with Crippen LogP contribution in [0.4, 0.5) is 0 Å². The monoisotopic (exact) mass is 163 g/mol. The Morgan fingerprint density at radius 2 is 2.55 bits per heavy atom. The molecular formula is C8H5NOS. The van der Waals surface area contributed by atoms with Gasteiger partial charge in [-0.05, 0) is 12.1 Å². The van der Waals surface area contributed by atoms with E-state index in [1.807, 2.05) is 18.1 Å². The molecule has 0 fully saturated rings. The Bertz CT molecular complexity index is 315. The standard InChI is InChI=1S/C8H5NOS/c10-5-6-4-7-8(11-6)2-1-3-9-7/h1-3H,4H2. The SMILES string of the molecule is O=C=C1Cc2ncccc2S1. The highest BCUT2D eigenvalue weighted by Crippen LogP contribution is 2.36. The van der Waals surface area contributed by atoms with E-state index in [4.69, 9.17) is 0 Å². The van der Waals surface area contributed by atoms with Gasteiger partial charge in [-0.25, -0.2) is 4.79 Å². The molecular weight excluding hydrogens is 158 g/mol. The molecule has 0 bridgehead atoms. The van der Waals surface area contributed by atoms with Gasteiger partial charge >= 0.3 is 0 Å². The van der Waals surface area contributed by atoms with Crippen molar-refractivity contribution in [2.45, 2.75) is 11.3 Å². The number of hydrogen-bond donors (Lipinski definition) is 0. The topological polar surface area (TPSA) is 30.0 Å². The van der Waals surface area contributed by atoms with Crippen LogP contribution in [0.3, 0.4) is 0 Å². The van der Waals surface area contributed by atoms with Gasteiger partial charge in [0.05, 0.1) is 10.6 Å². The van der Waals surface area contributed by atoms with Crippen LogP contribution in [0.5, 0.6) is 0 Å². The molecule has 1 aromatic heterocycles. The first kappa shape index (κ1) is 6.65. The van der Waals surface area contributed by atoms with Crippen LogP contribution >= 0.6 is 11.8 Å². The van der Waals surface area contributed by atoms with Gasteiger partial charge < -0.3 is 0 Å². The summed E-state index contributed by atoms with van der Waals surface area (Å²) in [5.74, 6) is 1.90. The fourth-order valence-electron chi connectivity index (χ4n) is 1.03. The highest BCUT2D eigenvalue weighted by Gasteiger charge is 2.17. The third-order valence-electron chi connectivity index (χ3n) is 1.52. The van der Waals surface area contributed by atoms with Crippen LogP contribution in [0.25, 0.3) is 0 Å². The molecule has 1 aromatic rings. The molecule has 0 N–H and O–H groups in total. The van der Waals surface area contributed by atoms with E-state index in [1.165, 1.54) is 11.8 Å². The molecule has 0 aromatic carbocycles. The van der Waals surface area contributed by atoms with E-state index >= 15 is 0 Å². The van der Waals surface area contributed by atoms with Crippen molar-refractivity contribution in [3.05, 3.63) is 28.9 Å². The predicted octanol–water partition coefficient (Wildman–Crippen LogP) is 1.45. The first-order chi connectivity index (χ1) is 5.40. The Labute approximate surface area is 68.3 Å². The summed E-state index contributed by atoms with van der Waals surface area (Å²) in [6.45, 7) is 0. The number of pyridine rings is 1. The first-order valence-corrected chi connectivity index (χ1v) is 4.07.